The van der Waals surface area contributed by atoms with Gasteiger partial charge in [0.15, 0.2) is 0 Å². The first kappa shape index (κ1) is 14.1. The molecule has 0 fully saturated rings. The molecule has 22 heavy (non-hydrogen) atoms. The van der Waals surface area contributed by atoms with E-state index in [2.05, 4.69) is 0 Å². The van der Waals surface area contributed by atoms with E-state index in [9.17, 15) is 15.0 Å². The van der Waals surface area contributed by atoms with Crippen LogP contribution in [0.3, 0.4) is 0 Å². The largest absolute Gasteiger partial charge is 0.508 e. The first-order chi connectivity index (χ1) is 10.5. The second kappa shape index (κ2) is 5.48. The summed E-state index contributed by atoms with van der Waals surface area (Å²) in [5.41, 5.74) is 1.16. The molecule has 0 aromatic heterocycles. The minimum absolute atomic E-state index is 0.0214. The third kappa shape index (κ3) is 2.63. The Morgan fingerprint density at radius 1 is 1.23 bits per heavy atom. The quantitative estimate of drug-likeness (QED) is 0.801. The van der Waals surface area contributed by atoms with Crippen LogP contribution >= 0.6 is 0 Å². The molecule has 0 amide bonds. The Labute approximate surface area is 126 Å². The highest BCUT2D eigenvalue weighted by Crippen LogP contribution is 2.37. The molecule has 1 atom stereocenters. The molecule has 2 aromatic carbocycles. The molecule has 1 aliphatic heterocycles. The topological polar surface area (TPSA) is 96.2 Å². The highest BCUT2D eigenvalue weighted by Gasteiger charge is 2.30. The second-order valence-electron chi connectivity index (χ2n) is 5.00. The Morgan fingerprint density at radius 3 is 2.77 bits per heavy atom. The van der Waals surface area contributed by atoms with Crippen LogP contribution in [0.4, 0.5) is 0 Å². The van der Waals surface area contributed by atoms with Gasteiger partial charge in [0.1, 0.15) is 42.1 Å². The van der Waals surface area contributed by atoms with Gasteiger partial charge in [-0.1, -0.05) is 6.07 Å². The summed E-state index contributed by atoms with van der Waals surface area (Å²) in [6.07, 6.45) is 0. The van der Waals surface area contributed by atoms with E-state index in [1.807, 2.05) is 0 Å². The van der Waals surface area contributed by atoms with Crippen molar-refractivity contribution in [1.29, 1.82) is 0 Å². The third-order valence-corrected chi connectivity index (χ3v) is 3.53. The maximum Gasteiger partial charge on any atom is 0.314 e. The van der Waals surface area contributed by atoms with E-state index in [0.29, 0.717) is 22.6 Å². The Balaban J connectivity index is 1.73. The number of rotatable bonds is 4. The second-order valence-corrected chi connectivity index (χ2v) is 5.00. The van der Waals surface area contributed by atoms with Crippen molar-refractivity contribution < 1.29 is 29.6 Å². The number of carboxylic acid groups (broad SMARTS) is 1. The molecule has 1 unspecified atom stereocenters. The molecule has 2 aromatic rings. The lowest BCUT2D eigenvalue weighted by atomic mass is 10.0. The zero-order valence-electron chi connectivity index (χ0n) is 11.5. The number of phenols is 2. The predicted molar refractivity (Wildman–Crippen MR) is 76.4 cm³/mol. The summed E-state index contributed by atoms with van der Waals surface area (Å²) < 4.78 is 10.9. The zero-order chi connectivity index (χ0) is 15.7. The summed E-state index contributed by atoms with van der Waals surface area (Å²) in [5.74, 6) is -0.626. The van der Waals surface area contributed by atoms with E-state index < -0.39 is 11.9 Å². The van der Waals surface area contributed by atoms with Gasteiger partial charge in [0, 0.05) is 23.3 Å². The van der Waals surface area contributed by atoms with Gasteiger partial charge in [0.2, 0.25) is 0 Å². The van der Waals surface area contributed by atoms with Crippen molar-refractivity contribution in [3.8, 4) is 23.0 Å². The lowest BCUT2D eigenvalue weighted by Crippen LogP contribution is -2.12. The van der Waals surface area contributed by atoms with Crippen LogP contribution < -0.4 is 9.47 Å². The van der Waals surface area contributed by atoms with E-state index >= 15 is 0 Å². The molecular weight excluding hydrogens is 288 g/mol. The fraction of sp³-hybridized carbons (Fsp3) is 0.188. The monoisotopic (exact) mass is 302 g/mol. The molecule has 0 bridgehead atoms. The average molecular weight is 302 g/mol. The van der Waals surface area contributed by atoms with Gasteiger partial charge in [0.05, 0.1) is 0 Å². The minimum Gasteiger partial charge on any atom is -0.508 e. The van der Waals surface area contributed by atoms with E-state index in [1.165, 1.54) is 12.1 Å². The first-order valence-corrected chi connectivity index (χ1v) is 6.68. The minimum atomic E-state index is -0.915. The maximum absolute atomic E-state index is 11.1. The number of hydrogen-bond donors (Lipinski definition) is 3. The van der Waals surface area contributed by atoms with Crippen LogP contribution in [0, 0.1) is 0 Å². The number of ether oxygens (including phenoxy) is 2. The molecule has 0 saturated heterocycles. The van der Waals surface area contributed by atoms with Gasteiger partial charge in [-0.3, -0.25) is 4.79 Å². The normalized spacial score (nSPS) is 15.9. The van der Waals surface area contributed by atoms with Crippen molar-refractivity contribution >= 4 is 5.97 Å². The Bertz CT molecular complexity index is 725. The zero-order valence-corrected chi connectivity index (χ0v) is 11.5. The summed E-state index contributed by atoms with van der Waals surface area (Å²) in [4.78, 5) is 11.1. The highest BCUT2D eigenvalue weighted by molar-refractivity contribution is 5.78. The molecule has 6 nitrogen and oxygen atoms in total. The molecule has 6 heteroatoms. The van der Waals surface area contributed by atoms with Gasteiger partial charge in [-0.05, 0) is 18.2 Å². The van der Waals surface area contributed by atoms with Crippen LogP contribution in [0.5, 0.6) is 23.0 Å². The van der Waals surface area contributed by atoms with Crippen molar-refractivity contribution in [2.24, 2.45) is 0 Å². The van der Waals surface area contributed by atoms with Gasteiger partial charge < -0.3 is 24.8 Å². The summed E-state index contributed by atoms with van der Waals surface area (Å²) in [6.45, 7) is 0.236. The van der Waals surface area contributed by atoms with Gasteiger partial charge in [-0.2, -0.15) is 0 Å². The fourth-order valence-electron chi connectivity index (χ4n) is 2.32. The number of phenolic OH excluding ortho intramolecular Hbond substituents is 2. The number of benzene rings is 2. The van der Waals surface area contributed by atoms with E-state index in [-0.39, 0.29) is 24.7 Å². The van der Waals surface area contributed by atoms with Gasteiger partial charge >= 0.3 is 5.97 Å². The molecule has 0 spiro atoms. The molecular formula is C16H14O6. The Morgan fingerprint density at radius 2 is 2.05 bits per heavy atom. The SMILES string of the molecule is O=C(O)C1COc2cc(OCc3ccc(O)cc3O)ccc21. The van der Waals surface area contributed by atoms with Gasteiger partial charge in [-0.15, -0.1) is 0 Å². The molecule has 0 radical (unpaired) electrons. The summed E-state index contributed by atoms with van der Waals surface area (Å²) in [6, 6.07) is 9.24. The average Bonchev–Trinajstić information content (AvgIpc) is 2.89. The molecule has 0 aliphatic carbocycles. The van der Waals surface area contributed by atoms with Crippen molar-refractivity contribution in [3.05, 3.63) is 47.5 Å². The van der Waals surface area contributed by atoms with Crippen molar-refractivity contribution in [1.82, 2.24) is 0 Å². The molecule has 1 aliphatic rings. The Kier molecular flexibility index (Phi) is 3.50. The van der Waals surface area contributed by atoms with E-state index in [1.54, 1.807) is 24.3 Å². The number of fused-ring (bicyclic) bond motifs is 1. The summed E-state index contributed by atoms with van der Waals surface area (Å²) in [7, 11) is 0. The number of carbonyl (C=O) groups is 1. The molecule has 1 heterocycles. The lowest BCUT2D eigenvalue weighted by Gasteiger charge is -2.09. The van der Waals surface area contributed by atoms with Crippen LogP contribution in [0.25, 0.3) is 0 Å². The third-order valence-electron chi connectivity index (χ3n) is 3.53. The fourth-order valence-corrected chi connectivity index (χ4v) is 2.32. The number of hydrogen-bond acceptors (Lipinski definition) is 5. The lowest BCUT2D eigenvalue weighted by molar-refractivity contribution is -0.138. The van der Waals surface area contributed by atoms with E-state index in [4.69, 9.17) is 14.6 Å². The molecule has 0 saturated carbocycles. The van der Waals surface area contributed by atoms with Crippen molar-refractivity contribution in [2.45, 2.75) is 12.5 Å². The van der Waals surface area contributed by atoms with Crippen LogP contribution in [-0.2, 0) is 11.4 Å². The van der Waals surface area contributed by atoms with Gasteiger partial charge in [-0.25, -0.2) is 0 Å². The van der Waals surface area contributed by atoms with Crippen LogP contribution in [0.1, 0.15) is 17.0 Å². The van der Waals surface area contributed by atoms with Gasteiger partial charge in [0.25, 0.3) is 0 Å². The van der Waals surface area contributed by atoms with Crippen molar-refractivity contribution in [2.75, 3.05) is 6.61 Å². The molecule has 3 rings (SSSR count). The number of aromatic hydroxyl groups is 2. The highest BCUT2D eigenvalue weighted by atomic mass is 16.5. The first-order valence-electron chi connectivity index (χ1n) is 6.68. The molecule has 114 valence electrons. The number of carboxylic acids is 1. The predicted octanol–water partition coefficient (Wildman–Crippen LogP) is 2.24. The van der Waals surface area contributed by atoms with Crippen LogP contribution in [-0.4, -0.2) is 27.9 Å². The number of aliphatic carboxylic acids is 1. The van der Waals surface area contributed by atoms with Crippen LogP contribution in [0.2, 0.25) is 0 Å². The van der Waals surface area contributed by atoms with E-state index in [0.717, 1.165) is 0 Å². The maximum atomic E-state index is 11.1. The molecule has 3 N–H and O–H groups in total. The standard InChI is InChI=1S/C16H14O6/c17-10-2-1-9(14(18)5-10)7-21-11-3-4-12-13(16(19)20)8-22-15(12)6-11/h1-6,13,17-18H,7-8H2,(H,19,20). The Hall–Kier alpha value is -2.89. The smallest absolute Gasteiger partial charge is 0.314 e. The van der Waals surface area contributed by atoms with Crippen LogP contribution in [0.15, 0.2) is 36.4 Å². The summed E-state index contributed by atoms with van der Waals surface area (Å²) in [5, 5.41) is 28.0. The van der Waals surface area contributed by atoms with Crippen molar-refractivity contribution in [3.63, 3.8) is 0 Å². The summed E-state index contributed by atoms with van der Waals surface area (Å²) >= 11 is 0.